The summed E-state index contributed by atoms with van der Waals surface area (Å²) < 4.78 is 5.64. The van der Waals surface area contributed by atoms with Gasteiger partial charge in [0.05, 0.1) is 12.1 Å². The van der Waals surface area contributed by atoms with Gasteiger partial charge in [0.1, 0.15) is 5.60 Å². The Morgan fingerprint density at radius 3 is 2.68 bits per heavy atom. The lowest BCUT2D eigenvalue weighted by atomic mass is 9.90. The molecule has 0 radical (unpaired) electrons. The molecule has 5 nitrogen and oxygen atoms in total. The van der Waals surface area contributed by atoms with Crippen LogP contribution in [0.3, 0.4) is 0 Å². The Bertz CT molecular complexity index is 692. The highest BCUT2D eigenvalue weighted by Crippen LogP contribution is 2.39. The van der Waals surface area contributed by atoms with E-state index in [0.717, 1.165) is 17.5 Å². The summed E-state index contributed by atoms with van der Waals surface area (Å²) in [7, 11) is 0. The first-order valence-electron chi connectivity index (χ1n) is 8.82. The van der Waals surface area contributed by atoms with E-state index in [4.69, 9.17) is 4.74 Å². The first-order chi connectivity index (χ1) is 11.8. The summed E-state index contributed by atoms with van der Waals surface area (Å²) in [6.45, 7) is 10.5. The average Bonchev–Trinajstić information content (AvgIpc) is 2.94. The van der Waals surface area contributed by atoms with E-state index in [1.54, 1.807) is 11.0 Å². The van der Waals surface area contributed by atoms with Crippen molar-refractivity contribution in [3.63, 3.8) is 0 Å². The van der Waals surface area contributed by atoms with Gasteiger partial charge in [-0.3, -0.25) is 9.69 Å². The first kappa shape index (κ1) is 17.5. The molecular formula is C20H26N2O3. The molecule has 2 heterocycles. The lowest BCUT2D eigenvalue weighted by Crippen LogP contribution is -2.56. The van der Waals surface area contributed by atoms with Crippen LogP contribution in [0.4, 0.5) is 4.79 Å². The highest BCUT2D eigenvalue weighted by atomic mass is 16.6. The zero-order chi connectivity index (χ0) is 18.2. The molecule has 0 aromatic heterocycles. The van der Waals surface area contributed by atoms with Crippen LogP contribution >= 0.6 is 0 Å². The molecule has 0 spiro atoms. The lowest BCUT2D eigenvalue weighted by molar-refractivity contribution is -0.132. The molecule has 2 amide bonds. The maximum Gasteiger partial charge on any atom is 0.410 e. The molecule has 25 heavy (non-hydrogen) atoms. The molecule has 2 saturated heterocycles. The largest absolute Gasteiger partial charge is 0.444 e. The Kier molecular flexibility index (Phi) is 4.58. The van der Waals surface area contributed by atoms with Crippen LogP contribution in [0.15, 0.2) is 30.8 Å². The normalized spacial score (nSPS) is 23.4. The second-order valence-electron chi connectivity index (χ2n) is 7.64. The van der Waals surface area contributed by atoms with E-state index >= 15 is 0 Å². The second-order valence-corrected chi connectivity index (χ2v) is 7.64. The zero-order valence-electron chi connectivity index (χ0n) is 15.2. The Hall–Kier alpha value is -2.30. The van der Waals surface area contributed by atoms with Crippen molar-refractivity contribution < 1.29 is 14.3 Å². The number of fused-ring (bicyclic) bond motifs is 1. The van der Waals surface area contributed by atoms with Crippen molar-refractivity contribution in [2.45, 2.75) is 51.3 Å². The summed E-state index contributed by atoms with van der Waals surface area (Å²) >= 11 is 0. The maximum absolute atomic E-state index is 12.8. The van der Waals surface area contributed by atoms with Crippen molar-refractivity contribution in [2.24, 2.45) is 0 Å². The van der Waals surface area contributed by atoms with Gasteiger partial charge in [0.2, 0.25) is 5.91 Å². The fraction of sp³-hybridized carbons (Fsp3) is 0.500. The van der Waals surface area contributed by atoms with Crippen molar-refractivity contribution in [3.05, 3.63) is 42.0 Å². The third-order valence-electron chi connectivity index (χ3n) is 4.82. The smallest absolute Gasteiger partial charge is 0.410 e. The highest BCUT2D eigenvalue weighted by molar-refractivity contribution is 5.80. The molecule has 134 valence electrons. The van der Waals surface area contributed by atoms with Gasteiger partial charge in [-0.05, 0) is 38.3 Å². The fourth-order valence-corrected chi connectivity index (χ4v) is 3.80. The minimum atomic E-state index is -0.553. The van der Waals surface area contributed by atoms with Gasteiger partial charge in [-0.25, -0.2) is 4.79 Å². The van der Waals surface area contributed by atoms with Gasteiger partial charge in [-0.1, -0.05) is 36.9 Å². The Balaban J connectivity index is 2.00. The second kappa shape index (κ2) is 6.54. The molecule has 2 atom stereocenters. The van der Waals surface area contributed by atoms with Crippen LogP contribution in [0.1, 0.15) is 50.8 Å². The van der Waals surface area contributed by atoms with E-state index in [1.807, 2.05) is 49.9 Å². The number of piperazine rings is 1. The van der Waals surface area contributed by atoms with E-state index in [-0.39, 0.29) is 24.1 Å². The molecule has 1 aromatic rings. The van der Waals surface area contributed by atoms with Gasteiger partial charge in [-0.15, -0.1) is 0 Å². The van der Waals surface area contributed by atoms with Crippen molar-refractivity contribution in [1.29, 1.82) is 0 Å². The number of carbonyl (C=O) groups excluding carboxylic acids is 2. The van der Waals surface area contributed by atoms with Gasteiger partial charge in [0.25, 0.3) is 0 Å². The third-order valence-corrected chi connectivity index (χ3v) is 4.82. The number of rotatable bonds is 2. The summed E-state index contributed by atoms with van der Waals surface area (Å²) in [6.07, 6.45) is 2.78. The molecule has 0 N–H and O–H groups in total. The predicted octanol–water partition coefficient (Wildman–Crippen LogP) is 3.61. The maximum atomic E-state index is 12.8. The standard InChI is InChI=1S/C20H26N2O3/c1-5-14-8-6-7-9-15(14)18-16-10-11-17(23)21(16)12-13-22(18)19(24)25-20(2,3)4/h5-9,16,18H,1,10-13H2,2-4H3/t16-,18-/m0/s1. The van der Waals surface area contributed by atoms with Crippen molar-refractivity contribution in [2.75, 3.05) is 13.1 Å². The molecule has 5 heteroatoms. The fourth-order valence-electron chi connectivity index (χ4n) is 3.80. The van der Waals surface area contributed by atoms with Gasteiger partial charge in [0, 0.05) is 19.5 Å². The minimum Gasteiger partial charge on any atom is -0.444 e. The highest BCUT2D eigenvalue weighted by Gasteiger charge is 2.46. The van der Waals surface area contributed by atoms with Crippen LogP contribution < -0.4 is 0 Å². The molecule has 0 aliphatic carbocycles. The molecule has 3 rings (SSSR count). The summed E-state index contributed by atoms with van der Waals surface area (Å²) in [6, 6.07) is 7.72. The zero-order valence-corrected chi connectivity index (χ0v) is 15.2. The molecule has 2 aliphatic heterocycles. The summed E-state index contributed by atoms with van der Waals surface area (Å²) in [5.74, 6) is 0.176. The Labute approximate surface area is 149 Å². The van der Waals surface area contributed by atoms with Crippen LogP contribution in [0.2, 0.25) is 0 Å². The molecule has 2 aliphatic rings. The van der Waals surface area contributed by atoms with Crippen molar-refractivity contribution in [3.8, 4) is 0 Å². The van der Waals surface area contributed by atoms with Crippen LogP contribution in [-0.2, 0) is 9.53 Å². The van der Waals surface area contributed by atoms with E-state index in [1.165, 1.54) is 0 Å². The van der Waals surface area contributed by atoms with Gasteiger partial charge in [0.15, 0.2) is 0 Å². The number of amides is 2. The Morgan fingerprint density at radius 2 is 2.00 bits per heavy atom. The number of carbonyl (C=O) groups is 2. The third kappa shape index (κ3) is 3.41. The summed E-state index contributed by atoms with van der Waals surface area (Å²) in [4.78, 5) is 28.8. The lowest BCUT2D eigenvalue weighted by Gasteiger charge is -2.45. The SMILES string of the molecule is C=Cc1ccccc1[C@H]1[C@@H]2CCC(=O)N2CCN1C(=O)OC(C)(C)C. The molecule has 0 bridgehead atoms. The van der Waals surface area contributed by atoms with E-state index < -0.39 is 5.60 Å². The van der Waals surface area contributed by atoms with Gasteiger partial charge in [-0.2, -0.15) is 0 Å². The molecule has 0 saturated carbocycles. The number of hydrogen-bond donors (Lipinski definition) is 0. The number of nitrogens with zero attached hydrogens (tertiary/aromatic N) is 2. The number of ether oxygens (including phenoxy) is 1. The quantitative estimate of drug-likeness (QED) is 0.825. The predicted molar refractivity (Wildman–Crippen MR) is 96.9 cm³/mol. The van der Waals surface area contributed by atoms with Gasteiger partial charge < -0.3 is 9.64 Å². The first-order valence-corrected chi connectivity index (χ1v) is 8.82. The van der Waals surface area contributed by atoms with Crippen LogP contribution in [0.5, 0.6) is 0 Å². The van der Waals surface area contributed by atoms with E-state index in [0.29, 0.717) is 19.5 Å². The van der Waals surface area contributed by atoms with Crippen molar-refractivity contribution >= 4 is 18.1 Å². The Morgan fingerprint density at radius 1 is 1.28 bits per heavy atom. The molecule has 2 fully saturated rings. The summed E-state index contributed by atoms with van der Waals surface area (Å²) in [5.41, 5.74) is 1.46. The monoisotopic (exact) mass is 342 g/mol. The topological polar surface area (TPSA) is 49.9 Å². The molecular weight excluding hydrogens is 316 g/mol. The van der Waals surface area contributed by atoms with E-state index in [2.05, 4.69) is 6.58 Å². The van der Waals surface area contributed by atoms with Gasteiger partial charge >= 0.3 is 6.09 Å². The van der Waals surface area contributed by atoms with Crippen LogP contribution in [0, 0.1) is 0 Å². The van der Waals surface area contributed by atoms with Crippen LogP contribution in [0.25, 0.3) is 6.08 Å². The minimum absolute atomic E-state index is 0.00475. The van der Waals surface area contributed by atoms with Crippen LogP contribution in [-0.4, -0.2) is 46.5 Å². The average molecular weight is 342 g/mol. The summed E-state index contributed by atoms with van der Waals surface area (Å²) in [5, 5.41) is 0. The molecule has 1 aromatic carbocycles. The number of hydrogen-bond acceptors (Lipinski definition) is 3. The molecule has 0 unspecified atom stereocenters. The number of benzene rings is 1. The van der Waals surface area contributed by atoms with Crippen molar-refractivity contribution in [1.82, 2.24) is 9.80 Å². The van der Waals surface area contributed by atoms with E-state index in [9.17, 15) is 9.59 Å².